The molecule has 0 unspecified atom stereocenters. The molecular formula is C13H16N4O4S. The maximum atomic E-state index is 11.9. The molecule has 0 aliphatic rings. The maximum absolute atomic E-state index is 11.9. The predicted molar refractivity (Wildman–Crippen MR) is 84.0 cm³/mol. The van der Waals surface area contributed by atoms with Gasteiger partial charge in [-0.15, -0.1) is 0 Å². The summed E-state index contributed by atoms with van der Waals surface area (Å²) in [6.45, 7) is 1.96. The van der Waals surface area contributed by atoms with Crippen molar-refractivity contribution in [3.8, 4) is 0 Å². The number of nitro benzene ring substituents is 1. The first kappa shape index (κ1) is 17.5. The molecule has 0 fully saturated rings. The van der Waals surface area contributed by atoms with Gasteiger partial charge in [0.05, 0.1) is 4.92 Å². The summed E-state index contributed by atoms with van der Waals surface area (Å²) in [7, 11) is 0. The topological polar surface area (TPSA) is 113 Å². The van der Waals surface area contributed by atoms with E-state index in [0.29, 0.717) is 6.42 Å². The monoisotopic (exact) mass is 324 g/mol. The predicted octanol–water partition coefficient (Wildman–Crippen LogP) is 1.42. The van der Waals surface area contributed by atoms with Gasteiger partial charge in [0.15, 0.2) is 5.11 Å². The molecule has 118 valence electrons. The molecule has 0 atom stereocenters. The minimum atomic E-state index is -0.729. The maximum Gasteiger partial charge on any atom is 0.282 e. The number of rotatable bonds is 5. The summed E-state index contributed by atoms with van der Waals surface area (Å²) in [4.78, 5) is 33.5. The van der Waals surface area contributed by atoms with E-state index in [4.69, 9.17) is 12.2 Å². The first-order valence-corrected chi connectivity index (χ1v) is 7.00. The van der Waals surface area contributed by atoms with Crippen molar-refractivity contribution in [3.05, 3.63) is 39.9 Å². The van der Waals surface area contributed by atoms with Gasteiger partial charge in [0, 0.05) is 12.5 Å². The van der Waals surface area contributed by atoms with Crippen LogP contribution in [0.2, 0.25) is 0 Å². The van der Waals surface area contributed by atoms with Crippen molar-refractivity contribution >= 4 is 34.8 Å². The lowest BCUT2D eigenvalue weighted by Crippen LogP contribution is -2.48. The lowest BCUT2D eigenvalue weighted by molar-refractivity contribution is -0.385. The largest absolute Gasteiger partial charge is 0.297 e. The van der Waals surface area contributed by atoms with Crippen LogP contribution < -0.4 is 16.2 Å². The summed E-state index contributed by atoms with van der Waals surface area (Å²) in [5.74, 6) is -0.989. The van der Waals surface area contributed by atoms with Crippen molar-refractivity contribution in [2.45, 2.75) is 26.2 Å². The molecule has 9 heteroatoms. The highest BCUT2D eigenvalue weighted by Crippen LogP contribution is 2.17. The first-order chi connectivity index (χ1) is 10.5. The number of amides is 2. The van der Waals surface area contributed by atoms with Gasteiger partial charge in [-0.3, -0.25) is 35.9 Å². The van der Waals surface area contributed by atoms with Crippen molar-refractivity contribution in [1.29, 1.82) is 0 Å². The Bertz CT molecular complexity index is 591. The Morgan fingerprint density at radius 2 is 1.95 bits per heavy atom. The molecule has 1 aromatic rings. The quantitative estimate of drug-likeness (QED) is 0.429. The number of nitrogens with zero attached hydrogens (tertiary/aromatic N) is 1. The number of unbranched alkanes of at least 4 members (excludes halogenated alkanes) is 1. The van der Waals surface area contributed by atoms with E-state index >= 15 is 0 Å². The molecule has 1 aromatic carbocycles. The lowest BCUT2D eigenvalue weighted by atomic mass is 10.1. The van der Waals surface area contributed by atoms with E-state index in [1.165, 1.54) is 24.3 Å². The van der Waals surface area contributed by atoms with Crippen molar-refractivity contribution < 1.29 is 14.5 Å². The fraction of sp³-hybridized carbons (Fsp3) is 0.308. The average Bonchev–Trinajstić information content (AvgIpc) is 2.50. The van der Waals surface area contributed by atoms with Gasteiger partial charge in [0.25, 0.3) is 11.6 Å². The number of carbonyl (C=O) groups excluding carboxylic acids is 2. The lowest BCUT2D eigenvalue weighted by Gasteiger charge is -2.10. The molecule has 0 saturated carbocycles. The Balaban J connectivity index is 2.57. The number of nitrogens with one attached hydrogen (secondary N) is 3. The van der Waals surface area contributed by atoms with Crippen LogP contribution in [0.25, 0.3) is 0 Å². The molecular weight excluding hydrogens is 308 g/mol. The van der Waals surface area contributed by atoms with Gasteiger partial charge in [0.2, 0.25) is 5.91 Å². The zero-order chi connectivity index (χ0) is 16.5. The normalized spacial score (nSPS) is 9.68. The van der Waals surface area contributed by atoms with Crippen molar-refractivity contribution in [3.63, 3.8) is 0 Å². The molecule has 0 bridgehead atoms. The minimum absolute atomic E-state index is 0.117. The minimum Gasteiger partial charge on any atom is -0.297 e. The summed E-state index contributed by atoms with van der Waals surface area (Å²) in [6, 6.07) is 5.50. The highest BCUT2D eigenvalue weighted by molar-refractivity contribution is 7.80. The van der Waals surface area contributed by atoms with E-state index in [9.17, 15) is 19.7 Å². The SMILES string of the molecule is CCCCC(=O)NNC(=S)NC(=O)c1ccccc1[N+](=O)[O-]. The van der Waals surface area contributed by atoms with Crippen LogP contribution in [0.5, 0.6) is 0 Å². The van der Waals surface area contributed by atoms with Crippen LogP contribution in [0, 0.1) is 10.1 Å². The summed E-state index contributed by atoms with van der Waals surface area (Å²) in [6.07, 6.45) is 1.96. The Kier molecular flexibility index (Phi) is 6.90. The van der Waals surface area contributed by atoms with E-state index in [0.717, 1.165) is 12.8 Å². The van der Waals surface area contributed by atoms with Crippen LogP contribution in [0.1, 0.15) is 36.5 Å². The summed E-state index contributed by atoms with van der Waals surface area (Å²) in [5.41, 5.74) is 4.26. The molecule has 22 heavy (non-hydrogen) atoms. The van der Waals surface area contributed by atoms with E-state index < -0.39 is 10.8 Å². The number of hydrogen-bond acceptors (Lipinski definition) is 5. The molecule has 0 aliphatic heterocycles. The van der Waals surface area contributed by atoms with Crippen LogP contribution in [0.3, 0.4) is 0 Å². The average molecular weight is 324 g/mol. The summed E-state index contributed by atoms with van der Waals surface area (Å²) in [5, 5.41) is 13.0. The molecule has 0 radical (unpaired) electrons. The third-order valence-corrected chi connectivity index (χ3v) is 2.85. The highest BCUT2D eigenvalue weighted by atomic mass is 32.1. The van der Waals surface area contributed by atoms with Crippen molar-refractivity contribution in [1.82, 2.24) is 16.2 Å². The van der Waals surface area contributed by atoms with Gasteiger partial charge in [-0.25, -0.2) is 0 Å². The standard InChI is InChI=1S/C13H16N4O4S/c1-2-3-8-11(18)15-16-13(22)14-12(19)9-6-4-5-7-10(9)17(20)21/h4-7H,2-3,8H2,1H3,(H,15,18)(H2,14,16,19,22). The molecule has 2 amide bonds. The second-order valence-electron chi connectivity index (χ2n) is 4.33. The number of hydrazine groups is 1. The zero-order valence-electron chi connectivity index (χ0n) is 11.9. The molecule has 0 heterocycles. The third-order valence-electron chi connectivity index (χ3n) is 2.65. The van der Waals surface area contributed by atoms with Crippen molar-refractivity contribution in [2.75, 3.05) is 0 Å². The molecule has 0 spiro atoms. The second kappa shape index (κ2) is 8.67. The third kappa shape index (κ3) is 5.44. The van der Waals surface area contributed by atoms with E-state index in [2.05, 4.69) is 16.2 Å². The fourth-order valence-electron chi connectivity index (χ4n) is 1.55. The van der Waals surface area contributed by atoms with Gasteiger partial charge < -0.3 is 0 Å². The molecule has 3 N–H and O–H groups in total. The molecule has 8 nitrogen and oxygen atoms in total. The number of hydrogen-bond donors (Lipinski definition) is 3. The van der Waals surface area contributed by atoms with Crippen molar-refractivity contribution in [2.24, 2.45) is 0 Å². The van der Waals surface area contributed by atoms with Gasteiger partial charge in [-0.05, 0) is 24.7 Å². The molecule has 0 aliphatic carbocycles. The second-order valence-corrected chi connectivity index (χ2v) is 4.74. The number of para-hydroxylation sites is 1. The first-order valence-electron chi connectivity index (χ1n) is 6.59. The van der Waals surface area contributed by atoms with Gasteiger partial charge in [-0.2, -0.15) is 0 Å². The summed E-state index contributed by atoms with van der Waals surface area (Å²) < 4.78 is 0. The number of thiocarbonyl (C=S) groups is 1. The molecule has 0 saturated heterocycles. The fourth-order valence-corrected chi connectivity index (χ4v) is 1.70. The molecule has 1 rings (SSSR count). The van der Waals surface area contributed by atoms with Gasteiger partial charge in [0.1, 0.15) is 5.56 Å². The van der Waals surface area contributed by atoms with Crippen LogP contribution in [-0.4, -0.2) is 21.9 Å². The summed E-state index contributed by atoms with van der Waals surface area (Å²) >= 11 is 4.84. The van der Waals surface area contributed by atoms with Crippen LogP contribution in [0.4, 0.5) is 5.69 Å². The van der Waals surface area contributed by atoms with E-state index in [1.807, 2.05) is 6.92 Å². The highest BCUT2D eigenvalue weighted by Gasteiger charge is 2.19. The smallest absolute Gasteiger partial charge is 0.282 e. The van der Waals surface area contributed by atoms with Crippen LogP contribution >= 0.6 is 12.2 Å². The number of carbonyl (C=O) groups is 2. The Morgan fingerprint density at radius 3 is 2.59 bits per heavy atom. The van der Waals surface area contributed by atoms with Crippen LogP contribution in [-0.2, 0) is 4.79 Å². The van der Waals surface area contributed by atoms with Gasteiger partial charge in [-0.1, -0.05) is 25.5 Å². The van der Waals surface area contributed by atoms with E-state index in [1.54, 1.807) is 0 Å². The molecule has 0 aromatic heterocycles. The number of nitro groups is 1. The van der Waals surface area contributed by atoms with Crippen LogP contribution in [0.15, 0.2) is 24.3 Å². The Labute approximate surface area is 132 Å². The van der Waals surface area contributed by atoms with E-state index in [-0.39, 0.29) is 22.3 Å². The van der Waals surface area contributed by atoms with Gasteiger partial charge >= 0.3 is 0 Å². The Hall–Kier alpha value is -2.55. The Morgan fingerprint density at radius 1 is 1.27 bits per heavy atom. The number of benzene rings is 1. The zero-order valence-corrected chi connectivity index (χ0v) is 12.7.